The first kappa shape index (κ1) is 19.1. The van der Waals surface area contributed by atoms with Gasteiger partial charge in [-0.1, -0.05) is 31.6 Å². The van der Waals surface area contributed by atoms with E-state index in [1.807, 2.05) is 0 Å². The number of hydrogen-bond acceptors (Lipinski definition) is 3. The first-order chi connectivity index (χ1) is 12.9. The Balaban J connectivity index is 1.54. The van der Waals surface area contributed by atoms with E-state index < -0.39 is 0 Å². The van der Waals surface area contributed by atoms with E-state index in [9.17, 15) is 5.11 Å². The van der Waals surface area contributed by atoms with E-state index in [4.69, 9.17) is 0 Å². The Morgan fingerprint density at radius 3 is 2.63 bits per heavy atom. The molecular weight excluding hydrogens is 368 g/mol. The minimum absolute atomic E-state index is 0.0708. The van der Waals surface area contributed by atoms with Crippen LogP contribution in [0.1, 0.15) is 65.2 Å². The highest BCUT2D eigenvalue weighted by molar-refractivity contribution is 8.21. The quantitative estimate of drug-likeness (QED) is 0.546. The number of aliphatic hydroxyl groups excluding tert-OH is 1. The lowest BCUT2D eigenvalue weighted by molar-refractivity contribution is -0.0947. The van der Waals surface area contributed by atoms with Gasteiger partial charge >= 0.3 is 0 Å². The van der Waals surface area contributed by atoms with Crippen molar-refractivity contribution in [3.05, 3.63) is 24.3 Å². The molecule has 1 saturated heterocycles. The van der Waals surface area contributed by atoms with Gasteiger partial charge in [-0.25, -0.2) is 0 Å². The molecule has 0 bridgehead atoms. The maximum Gasteiger partial charge on any atom is 0.0795 e. The Bertz CT molecular complexity index is 651. The van der Waals surface area contributed by atoms with Gasteiger partial charge < -0.3 is 5.11 Å². The third-order valence-corrected chi connectivity index (χ3v) is 12.9. The number of hydrogen-bond donors (Lipinski definition) is 1. The molecule has 1 aliphatic heterocycles. The smallest absolute Gasteiger partial charge is 0.0795 e. The van der Waals surface area contributed by atoms with Gasteiger partial charge in [0.1, 0.15) is 0 Å². The zero-order valence-corrected chi connectivity index (χ0v) is 18.7. The van der Waals surface area contributed by atoms with Crippen LogP contribution in [0.4, 0.5) is 0 Å². The highest BCUT2D eigenvalue weighted by Crippen LogP contribution is 2.69. The molecule has 5 rings (SSSR count). The molecule has 0 aromatic carbocycles. The van der Waals surface area contributed by atoms with Crippen molar-refractivity contribution in [1.29, 1.82) is 0 Å². The molecule has 1 nitrogen and oxygen atoms in total. The number of thioether (sulfide) groups is 2. The average Bonchev–Trinajstić information content (AvgIpc) is 3.22. The van der Waals surface area contributed by atoms with Crippen molar-refractivity contribution in [2.45, 2.75) is 75.4 Å². The van der Waals surface area contributed by atoms with Crippen LogP contribution in [0, 0.1) is 34.5 Å². The Kier molecular flexibility index (Phi) is 4.65. The third-order valence-electron chi connectivity index (χ3n) is 9.49. The van der Waals surface area contributed by atoms with E-state index in [1.165, 1.54) is 50.0 Å². The summed E-state index contributed by atoms with van der Waals surface area (Å²) in [6.07, 6.45) is 14.9. The molecule has 0 radical (unpaired) electrons. The summed E-state index contributed by atoms with van der Waals surface area (Å²) in [5, 5.41) is 10.8. The molecule has 4 aliphatic carbocycles. The molecule has 27 heavy (non-hydrogen) atoms. The lowest BCUT2D eigenvalue weighted by Crippen LogP contribution is -2.54. The second-order valence-corrected chi connectivity index (χ2v) is 13.6. The molecule has 3 saturated carbocycles. The number of rotatable bonds is 2. The zero-order chi connectivity index (χ0) is 18.9. The van der Waals surface area contributed by atoms with Crippen LogP contribution in [0.25, 0.3) is 0 Å². The largest absolute Gasteiger partial charge is 0.393 e. The molecule has 1 spiro atoms. The van der Waals surface area contributed by atoms with E-state index in [0.717, 1.165) is 36.5 Å². The van der Waals surface area contributed by atoms with E-state index in [0.29, 0.717) is 9.49 Å². The first-order valence-electron chi connectivity index (χ1n) is 11.2. The average molecular weight is 405 g/mol. The van der Waals surface area contributed by atoms with Crippen LogP contribution in [0.3, 0.4) is 0 Å². The van der Waals surface area contributed by atoms with Crippen molar-refractivity contribution < 1.29 is 5.11 Å². The van der Waals surface area contributed by atoms with E-state index in [1.54, 1.807) is 5.57 Å². The van der Waals surface area contributed by atoms with Gasteiger partial charge in [-0.15, -0.1) is 30.1 Å². The summed E-state index contributed by atoms with van der Waals surface area (Å²) < 4.78 is 0.396. The topological polar surface area (TPSA) is 20.2 Å². The van der Waals surface area contributed by atoms with Gasteiger partial charge in [-0.3, -0.25) is 0 Å². The summed E-state index contributed by atoms with van der Waals surface area (Å²) in [5.41, 5.74) is 2.38. The fourth-order valence-electron chi connectivity index (χ4n) is 7.95. The predicted molar refractivity (Wildman–Crippen MR) is 119 cm³/mol. The molecule has 0 aromatic heterocycles. The normalized spacial score (nSPS) is 50.6. The Morgan fingerprint density at radius 2 is 1.89 bits per heavy atom. The maximum absolute atomic E-state index is 10.8. The van der Waals surface area contributed by atoms with Gasteiger partial charge in [0.2, 0.25) is 0 Å². The summed E-state index contributed by atoms with van der Waals surface area (Å²) in [6.45, 7) is 9.15. The summed E-state index contributed by atoms with van der Waals surface area (Å²) in [5.74, 6) is 5.73. The van der Waals surface area contributed by atoms with Crippen LogP contribution >= 0.6 is 23.5 Å². The monoisotopic (exact) mass is 404 g/mol. The molecule has 0 amide bonds. The van der Waals surface area contributed by atoms with Crippen LogP contribution < -0.4 is 0 Å². The first-order valence-corrected chi connectivity index (χ1v) is 13.2. The van der Waals surface area contributed by atoms with Crippen LogP contribution in [-0.2, 0) is 0 Å². The van der Waals surface area contributed by atoms with Crippen LogP contribution in [0.15, 0.2) is 24.3 Å². The minimum Gasteiger partial charge on any atom is -0.393 e. The molecular formula is C24H36OS2. The maximum atomic E-state index is 10.8. The molecule has 0 aromatic rings. The standard InChI is InChI=1S/C24H36OS2/c1-4-5-16-14-17-15-24(26-12-13-27-24)11-10-22(17,2)19-8-9-23(3)18(21(16)19)6-7-20(23)25/h4,15-16,18-21,25H,1,5-14H2,2-3H3/t16-,18?,19?,20?,21?,22+,23+/m1/s1. The fourth-order valence-corrected chi connectivity index (χ4v) is 11.1. The Hall–Kier alpha value is 0.140. The molecule has 5 aliphatic rings. The Morgan fingerprint density at radius 1 is 1.11 bits per heavy atom. The van der Waals surface area contributed by atoms with Gasteiger partial charge in [0.05, 0.1) is 10.2 Å². The van der Waals surface area contributed by atoms with Gasteiger partial charge in [-0.05, 0) is 85.9 Å². The highest BCUT2D eigenvalue weighted by Gasteiger charge is 2.61. The molecule has 1 heterocycles. The van der Waals surface area contributed by atoms with Gasteiger partial charge in [-0.2, -0.15) is 0 Å². The van der Waals surface area contributed by atoms with E-state index in [2.05, 4.69) is 56.1 Å². The van der Waals surface area contributed by atoms with Gasteiger partial charge in [0.25, 0.3) is 0 Å². The predicted octanol–water partition coefficient (Wildman–Crippen LogP) is 6.29. The molecule has 4 fully saturated rings. The van der Waals surface area contributed by atoms with Crippen LogP contribution in [0.5, 0.6) is 0 Å². The van der Waals surface area contributed by atoms with E-state index in [-0.39, 0.29) is 11.5 Å². The van der Waals surface area contributed by atoms with Gasteiger partial charge in [0.15, 0.2) is 0 Å². The van der Waals surface area contributed by atoms with Crippen molar-refractivity contribution in [2.24, 2.45) is 34.5 Å². The van der Waals surface area contributed by atoms with Crippen molar-refractivity contribution in [1.82, 2.24) is 0 Å². The van der Waals surface area contributed by atoms with Crippen LogP contribution in [0.2, 0.25) is 0 Å². The molecule has 3 heteroatoms. The van der Waals surface area contributed by atoms with E-state index >= 15 is 0 Å². The minimum atomic E-state index is -0.0708. The molecule has 7 atom stereocenters. The summed E-state index contributed by atoms with van der Waals surface area (Å²) >= 11 is 4.42. The van der Waals surface area contributed by atoms with Crippen LogP contribution in [-0.4, -0.2) is 26.8 Å². The van der Waals surface area contributed by atoms with Gasteiger partial charge in [0, 0.05) is 11.5 Å². The molecule has 150 valence electrons. The fraction of sp³-hybridized carbons (Fsp3) is 0.833. The zero-order valence-electron chi connectivity index (χ0n) is 17.1. The SMILES string of the molecule is C=CC[C@@H]1CC2=CC3(CC[C@]2(C)C2CC[C@]4(C)C(O)CCC4C21)SCCS3. The number of aliphatic hydroxyl groups is 1. The summed E-state index contributed by atoms with van der Waals surface area (Å²) in [7, 11) is 0. The summed E-state index contributed by atoms with van der Waals surface area (Å²) in [4.78, 5) is 0. The number of allylic oxidation sites excluding steroid dienone is 2. The van der Waals surface area contributed by atoms with Crippen molar-refractivity contribution in [3.63, 3.8) is 0 Å². The highest BCUT2D eigenvalue weighted by atomic mass is 32.2. The molecule has 1 N–H and O–H groups in total. The lowest BCUT2D eigenvalue weighted by Gasteiger charge is -2.61. The second-order valence-electron chi connectivity index (χ2n) is 10.5. The van der Waals surface area contributed by atoms with Crippen molar-refractivity contribution in [3.8, 4) is 0 Å². The number of fused-ring (bicyclic) bond motifs is 5. The lowest BCUT2D eigenvalue weighted by atomic mass is 9.44. The van der Waals surface area contributed by atoms with Crippen molar-refractivity contribution in [2.75, 3.05) is 11.5 Å². The Labute approximate surface area is 174 Å². The molecule has 4 unspecified atom stereocenters. The third kappa shape index (κ3) is 2.70. The second kappa shape index (κ2) is 6.57. The summed E-state index contributed by atoms with van der Waals surface area (Å²) in [6, 6.07) is 0. The van der Waals surface area contributed by atoms with Crippen molar-refractivity contribution >= 4 is 23.5 Å².